The first-order chi connectivity index (χ1) is 7.56. The molecular formula is C9H14N6S. The van der Waals surface area contributed by atoms with Crippen molar-refractivity contribution >= 4 is 12.2 Å². The van der Waals surface area contributed by atoms with Gasteiger partial charge in [-0.1, -0.05) is 0 Å². The Morgan fingerprint density at radius 2 is 2.12 bits per heavy atom. The fourth-order valence-electron chi connectivity index (χ4n) is 1.81. The van der Waals surface area contributed by atoms with Crippen molar-refractivity contribution in [3.63, 3.8) is 0 Å². The molecule has 2 heterocycles. The Kier molecular flexibility index (Phi) is 2.55. The topological polar surface area (TPSA) is 77.5 Å². The lowest BCUT2D eigenvalue weighted by Gasteiger charge is -2.01. The number of nitrogens with two attached hydrogens (primary N) is 1. The number of nitrogens with zero attached hydrogens (tertiary/aromatic N) is 4. The minimum absolute atomic E-state index is 0.401. The van der Waals surface area contributed by atoms with E-state index in [1.54, 1.807) is 0 Å². The Labute approximate surface area is 98.1 Å². The maximum atomic E-state index is 5.80. The van der Waals surface area contributed by atoms with Gasteiger partial charge in [0.2, 0.25) is 4.77 Å². The molecule has 0 bridgehead atoms. The fourth-order valence-corrected chi connectivity index (χ4v) is 1.94. The van der Waals surface area contributed by atoms with Gasteiger partial charge in [-0.2, -0.15) is 10.2 Å². The molecular weight excluding hydrogens is 224 g/mol. The molecule has 0 atom stereocenters. The van der Waals surface area contributed by atoms with Crippen LogP contribution in [0.3, 0.4) is 0 Å². The van der Waals surface area contributed by atoms with Crippen LogP contribution in [-0.4, -0.2) is 24.7 Å². The van der Waals surface area contributed by atoms with Gasteiger partial charge < -0.3 is 5.84 Å². The first-order valence-electron chi connectivity index (χ1n) is 5.03. The highest BCUT2D eigenvalue weighted by Gasteiger charge is 2.17. The van der Waals surface area contributed by atoms with Crippen LogP contribution < -0.4 is 5.84 Å². The molecule has 2 aromatic heterocycles. The lowest BCUT2D eigenvalue weighted by molar-refractivity contribution is 0.634. The first-order valence-corrected chi connectivity index (χ1v) is 5.44. The van der Waals surface area contributed by atoms with Crippen LogP contribution in [-0.2, 0) is 6.54 Å². The number of nitrogens with one attached hydrogen (secondary N) is 1. The smallest absolute Gasteiger partial charge is 0.214 e. The van der Waals surface area contributed by atoms with Crippen LogP contribution >= 0.6 is 12.2 Å². The Hall–Kier alpha value is -1.63. The molecule has 0 aliphatic carbocycles. The van der Waals surface area contributed by atoms with Crippen molar-refractivity contribution < 1.29 is 0 Å². The summed E-state index contributed by atoms with van der Waals surface area (Å²) < 4.78 is 3.69. The molecule has 0 aliphatic rings. The molecule has 0 saturated heterocycles. The summed E-state index contributed by atoms with van der Waals surface area (Å²) in [4.78, 5) is 0. The van der Waals surface area contributed by atoms with Crippen molar-refractivity contribution in [2.75, 3.05) is 5.84 Å². The van der Waals surface area contributed by atoms with Crippen LogP contribution in [0.25, 0.3) is 11.4 Å². The molecule has 0 fully saturated rings. The van der Waals surface area contributed by atoms with Crippen molar-refractivity contribution in [2.24, 2.45) is 0 Å². The van der Waals surface area contributed by atoms with Crippen LogP contribution in [0.2, 0.25) is 0 Å². The highest BCUT2D eigenvalue weighted by atomic mass is 32.1. The standard InChI is InChI=1S/C9H14N6S/c1-4-14-6(3)7(5(2)13-14)8-11-12-9(16)15(8)10/h4,10H2,1-3H3,(H,12,16). The molecule has 0 radical (unpaired) electrons. The largest absolute Gasteiger partial charge is 0.335 e. The summed E-state index contributed by atoms with van der Waals surface area (Å²) in [6.45, 7) is 6.80. The Balaban J connectivity index is 2.69. The number of hydrogen-bond acceptors (Lipinski definition) is 4. The normalized spacial score (nSPS) is 10.9. The van der Waals surface area contributed by atoms with Crippen LogP contribution in [0.5, 0.6) is 0 Å². The van der Waals surface area contributed by atoms with Gasteiger partial charge in [-0.05, 0) is 33.0 Å². The summed E-state index contributed by atoms with van der Waals surface area (Å²) in [6, 6.07) is 0. The van der Waals surface area contributed by atoms with E-state index in [0.29, 0.717) is 10.6 Å². The van der Waals surface area contributed by atoms with E-state index in [1.807, 2.05) is 25.5 Å². The summed E-state index contributed by atoms with van der Waals surface area (Å²) in [5.41, 5.74) is 2.89. The molecule has 2 rings (SSSR count). The van der Waals surface area contributed by atoms with Crippen LogP contribution in [0.4, 0.5) is 0 Å². The van der Waals surface area contributed by atoms with Gasteiger partial charge >= 0.3 is 0 Å². The Morgan fingerprint density at radius 3 is 2.56 bits per heavy atom. The van der Waals surface area contributed by atoms with Gasteiger partial charge in [0.1, 0.15) is 0 Å². The molecule has 0 saturated carbocycles. The summed E-state index contributed by atoms with van der Waals surface area (Å²) in [5.74, 6) is 6.43. The van der Waals surface area contributed by atoms with Crippen molar-refractivity contribution in [1.29, 1.82) is 0 Å². The van der Waals surface area contributed by atoms with Crippen LogP contribution in [0, 0.1) is 18.6 Å². The second kappa shape index (κ2) is 3.75. The molecule has 0 unspecified atom stereocenters. The third-order valence-electron chi connectivity index (χ3n) is 2.61. The third-order valence-corrected chi connectivity index (χ3v) is 2.90. The van der Waals surface area contributed by atoms with Crippen LogP contribution in [0.15, 0.2) is 0 Å². The molecule has 16 heavy (non-hydrogen) atoms. The maximum Gasteiger partial charge on any atom is 0.214 e. The van der Waals surface area contributed by atoms with Crippen LogP contribution in [0.1, 0.15) is 18.3 Å². The summed E-state index contributed by atoms with van der Waals surface area (Å²) in [7, 11) is 0. The van der Waals surface area contributed by atoms with Gasteiger partial charge in [0, 0.05) is 12.2 Å². The molecule has 0 spiro atoms. The zero-order valence-corrected chi connectivity index (χ0v) is 10.3. The van der Waals surface area contributed by atoms with Gasteiger partial charge in [0.25, 0.3) is 0 Å². The zero-order valence-electron chi connectivity index (χ0n) is 9.48. The van der Waals surface area contributed by atoms with E-state index in [-0.39, 0.29) is 0 Å². The number of hydrogen-bond donors (Lipinski definition) is 2. The van der Waals surface area contributed by atoms with Crippen molar-refractivity contribution in [3.8, 4) is 11.4 Å². The molecule has 0 aromatic carbocycles. The molecule has 86 valence electrons. The quantitative estimate of drug-likeness (QED) is 0.608. The minimum Gasteiger partial charge on any atom is -0.335 e. The minimum atomic E-state index is 0.401. The lowest BCUT2D eigenvalue weighted by Crippen LogP contribution is -2.10. The predicted octanol–water partition coefficient (Wildman–Crippen LogP) is 1.15. The maximum absolute atomic E-state index is 5.80. The number of aromatic nitrogens is 5. The van der Waals surface area contributed by atoms with E-state index in [4.69, 9.17) is 18.1 Å². The first kappa shape index (κ1) is 10.9. The molecule has 7 heteroatoms. The van der Waals surface area contributed by atoms with Gasteiger partial charge in [0.15, 0.2) is 5.82 Å². The van der Waals surface area contributed by atoms with E-state index in [0.717, 1.165) is 23.5 Å². The monoisotopic (exact) mass is 238 g/mol. The SMILES string of the molecule is CCn1nc(C)c(-c2n[nH]c(=S)n2N)c1C. The van der Waals surface area contributed by atoms with Crippen molar-refractivity contribution in [1.82, 2.24) is 24.7 Å². The summed E-state index contributed by atoms with van der Waals surface area (Å²) in [6.07, 6.45) is 0. The molecule has 3 N–H and O–H groups in total. The van der Waals surface area contributed by atoms with Crippen molar-refractivity contribution in [2.45, 2.75) is 27.3 Å². The highest BCUT2D eigenvalue weighted by molar-refractivity contribution is 7.71. The summed E-state index contributed by atoms with van der Waals surface area (Å²) in [5, 5.41) is 11.2. The summed E-state index contributed by atoms with van der Waals surface area (Å²) >= 11 is 4.99. The van der Waals surface area contributed by atoms with E-state index in [1.165, 1.54) is 4.68 Å². The zero-order chi connectivity index (χ0) is 11.9. The number of nitrogen functional groups attached to an aromatic ring is 1. The molecule has 6 nitrogen and oxygen atoms in total. The second-order valence-corrected chi connectivity index (χ2v) is 3.97. The Morgan fingerprint density at radius 1 is 1.44 bits per heavy atom. The average Bonchev–Trinajstić information content (AvgIpc) is 2.71. The molecule has 0 aliphatic heterocycles. The second-order valence-electron chi connectivity index (χ2n) is 3.58. The predicted molar refractivity (Wildman–Crippen MR) is 63.9 cm³/mol. The van der Waals surface area contributed by atoms with Gasteiger partial charge in [-0.15, -0.1) is 0 Å². The lowest BCUT2D eigenvalue weighted by atomic mass is 10.2. The molecule has 0 amide bonds. The average molecular weight is 238 g/mol. The van der Waals surface area contributed by atoms with E-state index in [2.05, 4.69) is 15.3 Å². The van der Waals surface area contributed by atoms with Gasteiger partial charge in [0.05, 0.1) is 11.3 Å². The number of aromatic amines is 1. The number of H-pyrrole nitrogens is 1. The van der Waals surface area contributed by atoms with E-state index in [9.17, 15) is 0 Å². The highest BCUT2D eigenvalue weighted by Crippen LogP contribution is 2.23. The van der Waals surface area contributed by atoms with E-state index >= 15 is 0 Å². The number of aryl methyl sites for hydroxylation is 2. The molecule has 2 aromatic rings. The third kappa shape index (κ3) is 1.44. The van der Waals surface area contributed by atoms with E-state index < -0.39 is 0 Å². The van der Waals surface area contributed by atoms with Gasteiger partial charge in [-0.3, -0.25) is 4.68 Å². The van der Waals surface area contributed by atoms with Crippen molar-refractivity contribution in [3.05, 3.63) is 16.2 Å². The van der Waals surface area contributed by atoms with Gasteiger partial charge in [-0.25, -0.2) is 9.77 Å². The number of rotatable bonds is 2. The fraction of sp³-hybridized carbons (Fsp3) is 0.444. The Bertz CT molecular complexity index is 575.